The largest absolute Gasteiger partial charge is 0.497 e. The molecule has 0 aliphatic carbocycles. The summed E-state index contributed by atoms with van der Waals surface area (Å²) in [5, 5.41) is 0. The van der Waals surface area contributed by atoms with Gasteiger partial charge in [0, 0.05) is 6.21 Å². The molecule has 4 heteroatoms. The van der Waals surface area contributed by atoms with Crippen LogP contribution in [0.5, 0.6) is 5.75 Å². The van der Waals surface area contributed by atoms with Gasteiger partial charge in [-0.25, -0.2) is 0 Å². The Morgan fingerprint density at radius 1 is 1.47 bits per heavy atom. The van der Waals surface area contributed by atoms with E-state index < -0.39 is 0 Å². The fourth-order valence-electron chi connectivity index (χ4n) is 1.01. The number of rotatable bonds is 4. The van der Waals surface area contributed by atoms with Gasteiger partial charge in [0.1, 0.15) is 12.3 Å². The van der Waals surface area contributed by atoms with E-state index in [0.29, 0.717) is 0 Å². The lowest BCUT2D eigenvalue weighted by atomic mass is 10.2. The molecule has 0 N–H and O–H groups in total. The van der Waals surface area contributed by atoms with Crippen molar-refractivity contribution in [1.29, 1.82) is 0 Å². The highest BCUT2D eigenvalue weighted by Crippen LogP contribution is 2.10. The molecule has 0 heterocycles. The number of nitrogens with zero attached hydrogens (tertiary/aromatic N) is 1. The zero-order valence-electron chi connectivity index (χ0n) is 8.77. The van der Waals surface area contributed by atoms with Gasteiger partial charge < -0.3 is 9.47 Å². The van der Waals surface area contributed by atoms with Gasteiger partial charge in [0.25, 0.3) is 0 Å². The fourth-order valence-corrected chi connectivity index (χ4v) is 1.01. The van der Waals surface area contributed by atoms with Crippen LogP contribution in [0.3, 0.4) is 0 Å². The van der Waals surface area contributed by atoms with Crippen molar-refractivity contribution >= 4 is 12.2 Å². The smallest absolute Gasteiger partial charge is 0.327 e. The second-order valence-electron chi connectivity index (χ2n) is 2.82. The Hall–Kier alpha value is -1.84. The molecule has 1 rings (SSSR count). The SMILES string of the molecule is COC(=O)CN=Cc1cccc(OC)c1. The predicted molar refractivity (Wildman–Crippen MR) is 57.5 cm³/mol. The first-order chi connectivity index (χ1) is 7.26. The zero-order chi connectivity index (χ0) is 11.1. The maximum atomic E-state index is 10.8. The van der Waals surface area contributed by atoms with Crippen molar-refractivity contribution in [2.45, 2.75) is 0 Å². The topological polar surface area (TPSA) is 47.9 Å². The molecular formula is C11H13NO3. The molecule has 0 spiro atoms. The number of ether oxygens (including phenoxy) is 2. The molecule has 0 aliphatic rings. The molecule has 0 fully saturated rings. The number of carbonyl (C=O) groups is 1. The first kappa shape index (κ1) is 11.2. The van der Waals surface area contributed by atoms with Crippen molar-refractivity contribution in [2.75, 3.05) is 20.8 Å². The summed E-state index contributed by atoms with van der Waals surface area (Å²) in [5.41, 5.74) is 0.887. The van der Waals surface area contributed by atoms with E-state index in [-0.39, 0.29) is 12.5 Å². The normalized spacial score (nSPS) is 10.3. The number of hydrogen-bond donors (Lipinski definition) is 0. The molecule has 0 atom stereocenters. The minimum Gasteiger partial charge on any atom is -0.497 e. The summed E-state index contributed by atoms with van der Waals surface area (Å²) in [7, 11) is 2.94. The molecule has 0 amide bonds. The van der Waals surface area contributed by atoms with Gasteiger partial charge in [-0.3, -0.25) is 9.79 Å². The molecule has 1 aromatic carbocycles. The van der Waals surface area contributed by atoms with Crippen molar-refractivity contribution in [1.82, 2.24) is 0 Å². The van der Waals surface area contributed by atoms with E-state index >= 15 is 0 Å². The molecule has 4 nitrogen and oxygen atoms in total. The van der Waals surface area contributed by atoms with Crippen LogP contribution in [0.25, 0.3) is 0 Å². The third kappa shape index (κ3) is 3.81. The van der Waals surface area contributed by atoms with E-state index in [4.69, 9.17) is 4.74 Å². The Morgan fingerprint density at radius 3 is 2.93 bits per heavy atom. The first-order valence-corrected chi connectivity index (χ1v) is 4.47. The molecule has 0 saturated heterocycles. The number of hydrogen-bond acceptors (Lipinski definition) is 4. The van der Waals surface area contributed by atoms with Crippen LogP contribution in [0.15, 0.2) is 29.3 Å². The molecule has 0 bridgehead atoms. The number of aliphatic imine (C=N–C) groups is 1. The molecular weight excluding hydrogens is 194 g/mol. The fraction of sp³-hybridized carbons (Fsp3) is 0.273. The minimum absolute atomic E-state index is 0.0354. The molecule has 0 aromatic heterocycles. The van der Waals surface area contributed by atoms with Gasteiger partial charge in [-0.05, 0) is 17.7 Å². The summed E-state index contributed by atoms with van der Waals surface area (Å²) in [6, 6.07) is 7.42. The van der Waals surface area contributed by atoms with Gasteiger partial charge in [0.05, 0.1) is 14.2 Å². The number of esters is 1. The van der Waals surface area contributed by atoms with Gasteiger partial charge in [0.15, 0.2) is 0 Å². The molecule has 0 unspecified atom stereocenters. The molecule has 0 aliphatic heterocycles. The predicted octanol–water partition coefficient (Wildman–Crippen LogP) is 1.29. The van der Waals surface area contributed by atoms with E-state index in [0.717, 1.165) is 11.3 Å². The Labute approximate surface area is 88.5 Å². The van der Waals surface area contributed by atoms with Gasteiger partial charge in [-0.2, -0.15) is 0 Å². The molecule has 0 saturated carbocycles. The van der Waals surface area contributed by atoms with E-state index in [2.05, 4.69) is 9.73 Å². The highest BCUT2D eigenvalue weighted by atomic mass is 16.5. The average molecular weight is 207 g/mol. The van der Waals surface area contributed by atoms with Crippen molar-refractivity contribution in [3.8, 4) is 5.75 Å². The Balaban J connectivity index is 2.59. The number of carbonyl (C=O) groups excluding carboxylic acids is 1. The van der Waals surface area contributed by atoms with Crippen molar-refractivity contribution in [2.24, 2.45) is 4.99 Å². The highest BCUT2D eigenvalue weighted by Gasteiger charge is 1.95. The van der Waals surface area contributed by atoms with E-state index in [1.807, 2.05) is 24.3 Å². The zero-order valence-corrected chi connectivity index (χ0v) is 8.77. The van der Waals surface area contributed by atoms with Crippen LogP contribution < -0.4 is 4.74 Å². The van der Waals surface area contributed by atoms with Crippen LogP contribution in [-0.4, -0.2) is 32.9 Å². The molecule has 1 aromatic rings. The summed E-state index contributed by atoms with van der Waals surface area (Å²) >= 11 is 0. The monoisotopic (exact) mass is 207 g/mol. The van der Waals surface area contributed by atoms with Crippen LogP contribution in [0, 0.1) is 0 Å². The first-order valence-electron chi connectivity index (χ1n) is 4.47. The van der Waals surface area contributed by atoms with Crippen LogP contribution in [0.2, 0.25) is 0 Å². The highest BCUT2D eigenvalue weighted by molar-refractivity contribution is 5.82. The van der Waals surface area contributed by atoms with Crippen LogP contribution in [0.4, 0.5) is 0 Å². The average Bonchev–Trinajstić information content (AvgIpc) is 2.29. The summed E-state index contributed by atoms with van der Waals surface area (Å²) in [6.07, 6.45) is 1.61. The Morgan fingerprint density at radius 2 is 2.27 bits per heavy atom. The summed E-state index contributed by atoms with van der Waals surface area (Å²) < 4.78 is 9.51. The third-order valence-corrected chi connectivity index (χ3v) is 1.78. The number of benzene rings is 1. The summed E-state index contributed by atoms with van der Waals surface area (Å²) in [5.74, 6) is 0.408. The molecule has 15 heavy (non-hydrogen) atoms. The van der Waals surface area contributed by atoms with Gasteiger partial charge in [-0.15, -0.1) is 0 Å². The standard InChI is InChI=1S/C11H13NO3/c1-14-10-5-3-4-9(6-10)7-12-8-11(13)15-2/h3-7H,8H2,1-2H3. The van der Waals surface area contributed by atoms with Crippen LogP contribution in [-0.2, 0) is 9.53 Å². The second-order valence-corrected chi connectivity index (χ2v) is 2.82. The van der Waals surface area contributed by atoms with E-state index in [1.54, 1.807) is 13.3 Å². The van der Waals surface area contributed by atoms with E-state index in [1.165, 1.54) is 7.11 Å². The van der Waals surface area contributed by atoms with E-state index in [9.17, 15) is 4.79 Å². The van der Waals surface area contributed by atoms with Crippen molar-refractivity contribution in [3.05, 3.63) is 29.8 Å². The van der Waals surface area contributed by atoms with Gasteiger partial charge in [-0.1, -0.05) is 12.1 Å². The minimum atomic E-state index is -0.353. The lowest BCUT2D eigenvalue weighted by Gasteiger charge is -1.99. The third-order valence-electron chi connectivity index (χ3n) is 1.78. The second kappa shape index (κ2) is 5.80. The summed E-state index contributed by atoms with van der Waals surface area (Å²) in [4.78, 5) is 14.7. The van der Waals surface area contributed by atoms with Crippen LogP contribution in [0.1, 0.15) is 5.56 Å². The van der Waals surface area contributed by atoms with Gasteiger partial charge >= 0.3 is 5.97 Å². The molecule has 80 valence electrons. The lowest BCUT2D eigenvalue weighted by molar-refractivity contribution is -0.138. The van der Waals surface area contributed by atoms with Gasteiger partial charge in [0.2, 0.25) is 0 Å². The Bertz CT molecular complexity index is 361. The maximum absolute atomic E-state index is 10.8. The Kier molecular flexibility index (Phi) is 4.34. The number of methoxy groups -OCH3 is 2. The van der Waals surface area contributed by atoms with Crippen molar-refractivity contribution in [3.63, 3.8) is 0 Å². The quantitative estimate of drug-likeness (QED) is 0.552. The molecule has 0 radical (unpaired) electrons. The lowest BCUT2D eigenvalue weighted by Crippen LogP contribution is -2.04. The maximum Gasteiger partial charge on any atom is 0.327 e. The summed E-state index contributed by atoms with van der Waals surface area (Å²) in [6.45, 7) is 0.0354. The van der Waals surface area contributed by atoms with Crippen molar-refractivity contribution < 1.29 is 14.3 Å². The van der Waals surface area contributed by atoms with Crippen LogP contribution >= 0.6 is 0 Å².